The molecule has 0 amide bonds. The van der Waals surface area contributed by atoms with Crippen molar-refractivity contribution in [2.75, 3.05) is 24.5 Å². The maximum atomic E-state index is 4.45. The van der Waals surface area contributed by atoms with E-state index in [1.165, 1.54) is 30.8 Å². The second kappa shape index (κ2) is 6.38. The highest BCUT2D eigenvalue weighted by molar-refractivity contribution is 5.54. The van der Waals surface area contributed by atoms with E-state index < -0.39 is 0 Å². The Labute approximate surface area is 117 Å². The molecule has 1 atom stereocenters. The first kappa shape index (κ1) is 14.3. The van der Waals surface area contributed by atoms with E-state index in [1.807, 2.05) is 6.20 Å². The van der Waals surface area contributed by atoms with Crippen molar-refractivity contribution >= 4 is 5.69 Å². The van der Waals surface area contributed by atoms with Crippen LogP contribution in [0.5, 0.6) is 0 Å². The van der Waals surface area contributed by atoms with Crippen LogP contribution in [0.4, 0.5) is 5.69 Å². The van der Waals surface area contributed by atoms with Gasteiger partial charge in [-0.2, -0.15) is 0 Å². The van der Waals surface area contributed by atoms with Crippen molar-refractivity contribution in [2.45, 2.75) is 40.7 Å². The maximum Gasteiger partial charge on any atom is 0.0445 e. The molecule has 0 bridgehead atoms. The van der Waals surface area contributed by atoms with E-state index in [2.05, 4.69) is 49.0 Å². The molecule has 1 saturated heterocycles. The number of aromatic nitrogens is 1. The van der Waals surface area contributed by atoms with E-state index in [1.54, 1.807) is 0 Å². The van der Waals surface area contributed by atoms with Crippen LogP contribution in [0.1, 0.15) is 38.4 Å². The Kier molecular flexibility index (Phi) is 4.81. The molecule has 106 valence electrons. The fraction of sp³-hybridized carbons (Fsp3) is 0.688. The SMILES string of the molecule is CCNCc1cnc(C)cc1N1CCC(C(C)C)C1. The standard InChI is InChI=1S/C16H27N3/c1-5-17-9-15-10-18-13(4)8-16(15)19-7-6-14(11-19)12(2)3/h8,10,12,14,17H,5-7,9,11H2,1-4H3. The molecule has 1 aliphatic rings. The molecular weight excluding hydrogens is 234 g/mol. The van der Waals surface area contributed by atoms with Crippen molar-refractivity contribution in [2.24, 2.45) is 11.8 Å². The van der Waals surface area contributed by atoms with Gasteiger partial charge in [-0.05, 0) is 37.8 Å². The monoisotopic (exact) mass is 261 g/mol. The Bertz CT molecular complexity index is 414. The topological polar surface area (TPSA) is 28.2 Å². The minimum atomic E-state index is 0.783. The molecule has 0 radical (unpaired) electrons. The molecular formula is C16H27N3. The van der Waals surface area contributed by atoms with Crippen molar-refractivity contribution in [1.29, 1.82) is 0 Å². The number of hydrogen-bond donors (Lipinski definition) is 1. The van der Waals surface area contributed by atoms with E-state index in [0.29, 0.717) is 0 Å². The smallest absolute Gasteiger partial charge is 0.0445 e. The zero-order valence-electron chi connectivity index (χ0n) is 12.7. The summed E-state index contributed by atoms with van der Waals surface area (Å²) >= 11 is 0. The molecule has 2 heterocycles. The van der Waals surface area contributed by atoms with Gasteiger partial charge in [0.15, 0.2) is 0 Å². The quantitative estimate of drug-likeness (QED) is 0.883. The number of aryl methyl sites for hydroxylation is 1. The molecule has 1 fully saturated rings. The van der Waals surface area contributed by atoms with Gasteiger partial charge in [0.1, 0.15) is 0 Å². The molecule has 1 aromatic rings. The Morgan fingerprint density at radius 2 is 2.26 bits per heavy atom. The average Bonchev–Trinajstić information content (AvgIpc) is 2.87. The highest BCUT2D eigenvalue weighted by Crippen LogP contribution is 2.30. The Balaban J connectivity index is 2.16. The molecule has 0 aliphatic carbocycles. The third-order valence-corrected chi connectivity index (χ3v) is 4.17. The number of rotatable bonds is 5. The van der Waals surface area contributed by atoms with Gasteiger partial charge in [-0.1, -0.05) is 20.8 Å². The average molecular weight is 261 g/mol. The summed E-state index contributed by atoms with van der Waals surface area (Å²) in [4.78, 5) is 7.00. The van der Waals surface area contributed by atoms with Crippen molar-refractivity contribution in [3.63, 3.8) is 0 Å². The number of nitrogens with one attached hydrogen (secondary N) is 1. The molecule has 19 heavy (non-hydrogen) atoms. The van der Waals surface area contributed by atoms with Crippen LogP contribution in [-0.4, -0.2) is 24.6 Å². The van der Waals surface area contributed by atoms with Crippen LogP contribution in [0.2, 0.25) is 0 Å². The zero-order valence-corrected chi connectivity index (χ0v) is 12.7. The van der Waals surface area contributed by atoms with Crippen LogP contribution in [0, 0.1) is 18.8 Å². The second-order valence-electron chi connectivity index (χ2n) is 5.97. The number of pyridine rings is 1. The molecule has 0 aromatic carbocycles. The van der Waals surface area contributed by atoms with Gasteiger partial charge in [0.25, 0.3) is 0 Å². The summed E-state index contributed by atoms with van der Waals surface area (Å²) in [6, 6.07) is 2.25. The molecule has 3 nitrogen and oxygen atoms in total. The lowest BCUT2D eigenvalue weighted by Gasteiger charge is -2.23. The number of anilines is 1. The fourth-order valence-corrected chi connectivity index (χ4v) is 2.81. The summed E-state index contributed by atoms with van der Waals surface area (Å²) in [5.74, 6) is 1.62. The van der Waals surface area contributed by atoms with Crippen molar-refractivity contribution in [1.82, 2.24) is 10.3 Å². The summed E-state index contributed by atoms with van der Waals surface area (Å²) in [6.45, 7) is 13.2. The van der Waals surface area contributed by atoms with Gasteiger partial charge in [0, 0.05) is 42.8 Å². The molecule has 0 spiro atoms. The van der Waals surface area contributed by atoms with Gasteiger partial charge < -0.3 is 10.2 Å². The predicted octanol–water partition coefficient (Wildman–Crippen LogP) is 2.98. The summed E-state index contributed by atoms with van der Waals surface area (Å²) in [5.41, 5.74) is 3.83. The molecule has 3 heteroatoms. The maximum absolute atomic E-state index is 4.45. The van der Waals surface area contributed by atoms with E-state index in [0.717, 1.165) is 30.6 Å². The first-order valence-electron chi connectivity index (χ1n) is 7.53. The van der Waals surface area contributed by atoms with Crippen LogP contribution in [0.3, 0.4) is 0 Å². The molecule has 0 saturated carbocycles. The van der Waals surface area contributed by atoms with Crippen molar-refractivity contribution in [3.05, 3.63) is 23.5 Å². The lowest BCUT2D eigenvalue weighted by Crippen LogP contribution is -2.24. The number of hydrogen-bond acceptors (Lipinski definition) is 3. The Morgan fingerprint density at radius 1 is 1.47 bits per heavy atom. The Morgan fingerprint density at radius 3 is 2.89 bits per heavy atom. The molecule has 1 unspecified atom stereocenters. The first-order valence-corrected chi connectivity index (χ1v) is 7.53. The lowest BCUT2D eigenvalue weighted by molar-refractivity contribution is 0.422. The summed E-state index contributed by atoms with van der Waals surface area (Å²) in [5, 5.41) is 3.42. The molecule has 1 N–H and O–H groups in total. The van der Waals surface area contributed by atoms with Crippen LogP contribution in [0.15, 0.2) is 12.3 Å². The molecule has 1 aliphatic heterocycles. The minimum absolute atomic E-state index is 0.783. The summed E-state index contributed by atoms with van der Waals surface area (Å²) in [7, 11) is 0. The minimum Gasteiger partial charge on any atom is -0.371 e. The van der Waals surface area contributed by atoms with Gasteiger partial charge in [0.2, 0.25) is 0 Å². The van der Waals surface area contributed by atoms with Crippen LogP contribution >= 0.6 is 0 Å². The van der Waals surface area contributed by atoms with E-state index in [4.69, 9.17) is 0 Å². The third-order valence-electron chi connectivity index (χ3n) is 4.17. The van der Waals surface area contributed by atoms with E-state index in [-0.39, 0.29) is 0 Å². The summed E-state index contributed by atoms with van der Waals surface area (Å²) < 4.78 is 0. The van der Waals surface area contributed by atoms with Crippen LogP contribution < -0.4 is 10.2 Å². The second-order valence-corrected chi connectivity index (χ2v) is 5.97. The van der Waals surface area contributed by atoms with Crippen molar-refractivity contribution < 1.29 is 0 Å². The zero-order chi connectivity index (χ0) is 13.8. The molecule has 2 rings (SSSR count). The first-order chi connectivity index (χ1) is 9.11. The predicted molar refractivity (Wildman–Crippen MR) is 81.5 cm³/mol. The van der Waals surface area contributed by atoms with Gasteiger partial charge in [0.05, 0.1) is 0 Å². The molecule has 1 aromatic heterocycles. The largest absolute Gasteiger partial charge is 0.371 e. The highest BCUT2D eigenvalue weighted by atomic mass is 15.2. The third kappa shape index (κ3) is 3.47. The van der Waals surface area contributed by atoms with Gasteiger partial charge in [-0.15, -0.1) is 0 Å². The van der Waals surface area contributed by atoms with Gasteiger partial charge >= 0.3 is 0 Å². The highest BCUT2D eigenvalue weighted by Gasteiger charge is 2.26. The fourth-order valence-electron chi connectivity index (χ4n) is 2.81. The van der Waals surface area contributed by atoms with Crippen molar-refractivity contribution in [3.8, 4) is 0 Å². The van der Waals surface area contributed by atoms with Gasteiger partial charge in [-0.3, -0.25) is 4.98 Å². The summed E-state index contributed by atoms with van der Waals surface area (Å²) in [6.07, 6.45) is 3.36. The lowest BCUT2D eigenvalue weighted by atomic mass is 9.95. The Hall–Kier alpha value is -1.09. The van der Waals surface area contributed by atoms with E-state index in [9.17, 15) is 0 Å². The van der Waals surface area contributed by atoms with E-state index >= 15 is 0 Å². The normalized spacial score (nSPS) is 19.4. The number of nitrogens with zero attached hydrogens (tertiary/aromatic N) is 2. The van der Waals surface area contributed by atoms with Gasteiger partial charge in [-0.25, -0.2) is 0 Å². The van der Waals surface area contributed by atoms with Crippen LogP contribution in [-0.2, 0) is 6.54 Å². The van der Waals surface area contributed by atoms with Crippen LogP contribution in [0.25, 0.3) is 0 Å².